The van der Waals surface area contributed by atoms with Crippen molar-refractivity contribution in [3.8, 4) is 0 Å². The molecule has 28 heavy (non-hydrogen) atoms. The average Bonchev–Trinajstić information content (AvgIpc) is 3.23. The summed E-state index contributed by atoms with van der Waals surface area (Å²) < 4.78 is 5.64. The molecule has 1 atom stereocenters. The van der Waals surface area contributed by atoms with E-state index in [0.717, 1.165) is 44.1 Å². The Morgan fingerprint density at radius 3 is 2.50 bits per heavy atom. The lowest BCUT2D eigenvalue weighted by molar-refractivity contribution is -0.0164. The van der Waals surface area contributed by atoms with E-state index >= 15 is 0 Å². The fourth-order valence-electron chi connectivity index (χ4n) is 4.06. The van der Waals surface area contributed by atoms with Crippen LogP contribution in [0.3, 0.4) is 0 Å². The molecule has 1 aromatic rings. The van der Waals surface area contributed by atoms with Crippen molar-refractivity contribution in [2.75, 3.05) is 39.9 Å². The molecule has 2 heterocycles. The second kappa shape index (κ2) is 11.2. The standard InChI is InChI=1S/C20H30Cl2N4O.HI/c1-15(16-5-6-17(21)18(22)13-16)25-19(23-2)24-14-20(7-11-27-12-8-20)26-9-3-4-10-26;/h5-6,13,15H,3-4,7-12,14H2,1-2H3,(H2,23,24,25);1H. The number of nitrogens with one attached hydrogen (secondary N) is 2. The Labute approximate surface area is 195 Å². The fourth-order valence-corrected chi connectivity index (χ4v) is 4.37. The topological polar surface area (TPSA) is 48.9 Å². The Morgan fingerprint density at radius 1 is 1.21 bits per heavy atom. The first-order chi connectivity index (χ1) is 13.0. The number of benzene rings is 1. The molecule has 0 aromatic heterocycles. The Morgan fingerprint density at radius 2 is 1.89 bits per heavy atom. The summed E-state index contributed by atoms with van der Waals surface area (Å²) in [5.74, 6) is 0.804. The molecule has 158 valence electrons. The summed E-state index contributed by atoms with van der Waals surface area (Å²) in [6.07, 6.45) is 4.73. The van der Waals surface area contributed by atoms with Crippen molar-refractivity contribution in [2.45, 2.75) is 44.2 Å². The van der Waals surface area contributed by atoms with Gasteiger partial charge in [-0.3, -0.25) is 9.89 Å². The summed E-state index contributed by atoms with van der Waals surface area (Å²) in [5.41, 5.74) is 1.24. The van der Waals surface area contributed by atoms with Gasteiger partial charge in [-0.1, -0.05) is 29.3 Å². The first-order valence-corrected chi connectivity index (χ1v) is 10.5. The van der Waals surface area contributed by atoms with Crippen molar-refractivity contribution in [1.29, 1.82) is 0 Å². The third kappa shape index (κ3) is 5.88. The lowest BCUT2D eigenvalue weighted by Gasteiger charge is -2.45. The molecule has 8 heteroatoms. The molecule has 2 saturated heterocycles. The summed E-state index contributed by atoms with van der Waals surface area (Å²) in [6.45, 7) is 7.02. The fraction of sp³-hybridized carbons (Fsp3) is 0.650. The third-order valence-corrected chi connectivity index (χ3v) is 6.54. The molecule has 2 fully saturated rings. The van der Waals surface area contributed by atoms with Gasteiger partial charge in [-0.05, 0) is 63.4 Å². The summed E-state index contributed by atoms with van der Waals surface area (Å²) in [4.78, 5) is 7.07. The molecule has 0 bridgehead atoms. The van der Waals surface area contributed by atoms with Crippen molar-refractivity contribution in [3.63, 3.8) is 0 Å². The van der Waals surface area contributed by atoms with Crippen molar-refractivity contribution in [2.24, 2.45) is 4.99 Å². The Kier molecular flexibility index (Phi) is 9.60. The predicted octanol–water partition coefficient (Wildman–Crippen LogP) is 4.48. The summed E-state index contributed by atoms with van der Waals surface area (Å²) in [7, 11) is 1.81. The van der Waals surface area contributed by atoms with Crippen LogP contribution in [0.1, 0.15) is 44.2 Å². The maximum atomic E-state index is 6.16. The van der Waals surface area contributed by atoms with Crippen LogP contribution < -0.4 is 10.6 Å². The zero-order valence-corrected chi connectivity index (χ0v) is 20.5. The van der Waals surface area contributed by atoms with Gasteiger partial charge in [-0.15, -0.1) is 24.0 Å². The molecule has 3 rings (SSSR count). The number of ether oxygens (including phenoxy) is 1. The highest BCUT2D eigenvalue weighted by Gasteiger charge is 2.39. The van der Waals surface area contributed by atoms with Crippen molar-refractivity contribution in [1.82, 2.24) is 15.5 Å². The highest BCUT2D eigenvalue weighted by molar-refractivity contribution is 14.0. The first kappa shape index (κ1) is 24.0. The number of halogens is 3. The molecule has 2 N–H and O–H groups in total. The second-order valence-electron chi connectivity index (χ2n) is 7.50. The zero-order chi connectivity index (χ0) is 19.3. The van der Waals surface area contributed by atoms with Crippen molar-refractivity contribution >= 4 is 53.1 Å². The zero-order valence-electron chi connectivity index (χ0n) is 16.6. The van der Waals surface area contributed by atoms with E-state index < -0.39 is 0 Å². The SMILES string of the molecule is CN=C(NCC1(N2CCCC2)CCOCC1)NC(C)c1ccc(Cl)c(Cl)c1.I. The molecule has 5 nitrogen and oxygen atoms in total. The highest BCUT2D eigenvalue weighted by atomic mass is 127. The van der Waals surface area contributed by atoms with Gasteiger partial charge in [0, 0.05) is 32.3 Å². The maximum absolute atomic E-state index is 6.16. The van der Waals surface area contributed by atoms with Gasteiger partial charge in [0.25, 0.3) is 0 Å². The summed E-state index contributed by atoms with van der Waals surface area (Å²) >= 11 is 12.2. The van der Waals surface area contributed by atoms with Gasteiger partial charge >= 0.3 is 0 Å². The third-order valence-electron chi connectivity index (χ3n) is 5.81. The Hall–Kier alpha value is -0.280. The number of guanidine groups is 1. The van der Waals surface area contributed by atoms with Gasteiger partial charge in [-0.2, -0.15) is 0 Å². The lowest BCUT2D eigenvalue weighted by Crippen LogP contribution is -2.58. The van der Waals surface area contributed by atoms with Crippen LogP contribution in [0, 0.1) is 0 Å². The van der Waals surface area contributed by atoms with Gasteiger partial charge < -0.3 is 15.4 Å². The van der Waals surface area contributed by atoms with Gasteiger partial charge in [0.15, 0.2) is 5.96 Å². The molecule has 0 saturated carbocycles. The predicted molar refractivity (Wildman–Crippen MR) is 128 cm³/mol. The van der Waals surface area contributed by atoms with E-state index in [1.54, 1.807) is 0 Å². The van der Waals surface area contributed by atoms with Gasteiger partial charge in [-0.25, -0.2) is 0 Å². The first-order valence-electron chi connectivity index (χ1n) is 9.79. The van der Waals surface area contributed by atoms with Gasteiger partial charge in [0.2, 0.25) is 0 Å². The molecular weight excluding hydrogens is 510 g/mol. The van der Waals surface area contributed by atoms with Crippen LogP contribution in [0.2, 0.25) is 10.0 Å². The van der Waals surface area contributed by atoms with E-state index in [9.17, 15) is 0 Å². The number of likely N-dealkylation sites (tertiary alicyclic amines) is 1. The largest absolute Gasteiger partial charge is 0.381 e. The monoisotopic (exact) mass is 540 g/mol. The number of aliphatic imine (C=N–C) groups is 1. The van der Waals surface area contributed by atoms with E-state index in [-0.39, 0.29) is 35.6 Å². The molecular formula is C20H31Cl2IN4O. The average molecular weight is 541 g/mol. The van der Waals surface area contributed by atoms with E-state index in [4.69, 9.17) is 27.9 Å². The minimum atomic E-state index is 0. The van der Waals surface area contributed by atoms with E-state index in [1.165, 1.54) is 25.9 Å². The smallest absolute Gasteiger partial charge is 0.191 e. The summed E-state index contributed by atoms with van der Waals surface area (Å²) in [6, 6.07) is 5.80. The van der Waals surface area contributed by atoms with E-state index in [0.29, 0.717) is 10.0 Å². The van der Waals surface area contributed by atoms with Crippen LogP contribution in [0.4, 0.5) is 0 Å². The van der Waals surface area contributed by atoms with Gasteiger partial charge in [0.1, 0.15) is 0 Å². The van der Waals surface area contributed by atoms with Crippen LogP contribution in [-0.2, 0) is 4.74 Å². The maximum Gasteiger partial charge on any atom is 0.191 e. The van der Waals surface area contributed by atoms with E-state index in [1.807, 2.05) is 25.2 Å². The molecule has 0 amide bonds. The minimum absolute atomic E-state index is 0. The van der Waals surface area contributed by atoms with Crippen LogP contribution in [0.25, 0.3) is 0 Å². The molecule has 1 unspecified atom stereocenters. The Bertz CT molecular complexity index is 662. The normalized spacial score (nSPS) is 21.1. The molecule has 2 aliphatic heterocycles. The molecule has 0 aliphatic carbocycles. The van der Waals surface area contributed by atoms with E-state index in [2.05, 4.69) is 27.4 Å². The minimum Gasteiger partial charge on any atom is -0.381 e. The number of hydrogen-bond donors (Lipinski definition) is 2. The Balaban J connectivity index is 0.00000280. The van der Waals surface area contributed by atoms with Crippen LogP contribution in [0.15, 0.2) is 23.2 Å². The molecule has 0 spiro atoms. The highest BCUT2D eigenvalue weighted by Crippen LogP contribution is 2.31. The van der Waals surface area contributed by atoms with Crippen molar-refractivity contribution in [3.05, 3.63) is 33.8 Å². The van der Waals surface area contributed by atoms with Crippen LogP contribution >= 0.6 is 47.2 Å². The lowest BCUT2D eigenvalue weighted by atomic mass is 9.88. The second-order valence-corrected chi connectivity index (χ2v) is 8.31. The van der Waals surface area contributed by atoms with Crippen LogP contribution in [-0.4, -0.2) is 56.3 Å². The summed E-state index contributed by atoms with van der Waals surface area (Å²) in [5, 5.41) is 8.17. The number of nitrogens with zero attached hydrogens (tertiary/aromatic N) is 2. The molecule has 1 aromatic carbocycles. The quantitative estimate of drug-likeness (QED) is 0.328. The number of rotatable bonds is 5. The van der Waals surface area contributed by atoms with Crippen molar-refractivity contribution < 1.29 is 4.74 Å². The van der Waals surface area contributed by atoms with Crippen LogP contribution in [0.5, 0.6) is 0 Å². The molecule has 2 aliphatic rings. The molecule has 0 radical (unpaired) electrons. The van der Waals surface area contributed by atoms with Gasteiger partial charge in [0.05, 0.1) is 16.1 Å². The number of hydrogen-bond acceptors (Lipinski definition) is 3.